The second-order valence-electron chi connectivity index (χ2n) is 6.51. The Morgan fingerprint density at radius 2 is 2.19 bits per heavy atom. The Balaban J connectivity index is 1.81. The highest BCUT2D eigenvalue weighted by Gasteiger charge is 2.29. The van der Waals surface area contributed by atoms with Crippen molar-refractivity contribution in [1.82, 2.24) is 9.62 Å². The molecular weight excluding hydrogens is 375 g/mol. The average Bonchev–Trinajstić information content (AvgIpc) is 3.13. The smallest absolute Gasteiger partial charge is 0.254 e. The third-order valence-electron chi connectivity index (χ3n) is 4.44. The molecule has 1 amide bonds. The van der Waals surface area contributed by atoms with Crippen molar-refractivity contribution in [3.63, 3.8) is 0 Å². The summed E-state index contributed by atoms with van der Waals surface area (Å²) in [6, 6.07) is 7.12. The number of hydrogen-bond acceptors (Lipinski definition) is 4. The van der Waals surface area contributed by atoms with Crippen LogP contribution in [0.5, 0.6) is 0 Å². The van der Waals surface area contributed by atoms with E-state index in [4.69, 9.17) is 0 Å². The van der Waals surface area contributed by atoms with Gasteiger partial charge in [-0.2, -0.15) is 4.31 Å². The molecule has 0 aliphatic carbocycles. The van der Waals surface area contributed by atoms with Crippen molar-refractivity contribution >= 4 is 27.3 Å². The Morgan fingerprint density at radius 1 is 1.38 bits per heavy atom. The van der Waals surface area contributed by atoms with Gasteiger partial charge in [0.2, 0.25) is 10.0 Å². The highest BCUT2D eigenvalue weighted by atomic mass is 32.2. The van der Waals surface area contributed by atoms with Gasteiger partial charge < -0.3 is 5.32 Å². The molecule has 1 aromatic carbocycles. The van der Waals surface area contributed by atoms with E-state index in [0.29, 0.717) is 13.1 Å². The Bertz CT molecular complexity index is 882. The van der Waals surface area contributed by atoms with Crippen LogP contribution >= 0.6 is 11.3 Å². The number of hydrogen-bond donors (Lipinski definition) is 1. The van der Waals surface area contributed by atoms with Crippen LogP contribution < -0.4 is 5.32 Å². The van der Waals surface area contributed by atoms with Gasteiger partial charge in [-0.25, -0.2) is 12.8 Å². The number of carbonyl (C=O) groups is 1. The quantitative estimate of drug-likeness (QED) is 0.844. The van der Waals surface area contributed by atoms with E-state index in [1.54, 1.807) is 0 Å². The van der Waals surface area contributed by atoms with Gasteiger partial charge in [0.1, 0.15) is 5.82 Å². The van der Waals surface area contributed by atoms with Crippen LogP contribution in [0.2, 0.25) is 0 Å². The maximum Gasteiger partial charge on any atom is 0.254 e. The zero-order valence-electron chi connectivity index (χ0n) is 14.4. The number of nitrogens with zero attached hydrogens (tertiary/aromatic N) is 1. The highest BCUT2D eigenvalue weighted by molar-refractivity contribution is 7.89. The van der Waals surface area contributed by atoms with Gasteiger partial charge in [-0.3, -0.25) is 4.79 Å². The Kier molecular flexibility index (Phi) is 5.74. The second kappa shape index (κ2) is 7.85. The molecule has 1 aliphatic rings. The molecule has 0 bridgehead atoms. The summed E-state index contributed by atoms with van der Waals surface area (Å²) < 4.78 is 41.2. The van der Waals surface area contributed by atoms with Crippen molar-refractivity contribution < 1.29 is 17.6 Å². The van der Waals surface area contributed by atoms with Crippen molar-refractivity contribution in [3.05, 3.63) is 52.0 Å². The summed E-state index contributed by atoms with van der Waals surface area (Å²) in [7, 11) is -3.74. The largest absolute Gasteiger partial charge is 0.347 e. The first-order valence-electron chi connectivity index (χ1n) is 8.48. The molecule has 1 fully saturated rings. The molecule has 1 N–H and O–H groups in total. The first kappa shape index (κ1) is 19.0. The summed E-state index contributed by atoms with van der Waals surface area (Å²) in [5.74, 6) is -1.08. The van der Waals surface area contributed by atoms with E-state index >= 15 is 0 Å². The van der Waals surface area contributed by atoms with Crippen molar-refractivity contribution in [3.8, 4) is 0 Å². The minimum absolute atomic E-state index is 0.0470. The zero-order chi connectivity index (χ0) is 18.7. The molecule has 8 heteroatoms. The number of carbonyl (C=O) groups excluding carboxylic acids is 1. The lowest BCUT2D eigenvalue weighted by molar-refractivity contribution is 0.0947. The van der Waals surface area contributed by atoms with Gasteiger partial charge in [0, 0.05) is 18.0 Å². The van der Waals surface area contributed by atoms with E-state index < -0.39 is 21.7 Å². The molecule has 1 unspecified atom stereocenters. The number of piperidine rings is 1. The molecule has 140 valence electrons. The minimum Gasteiger partial charge on any atom is -0.347 e. The third-order valence-corrected chi connectivity index (χ3v) is 7.18. The molecule has 26 heavy (non-hydrogen) atoms. The summed E-state index contributed by atoms with van der Waals surface area (Å²) in [6.45, 7) is 3.18. The molecule has 5 nitrogen and oxygen atoms in total. The number of halogens is 1. The van der Waals surface area contributed by atoms with Gasteiger partial charge in [-0.05, 0) is 48.4 Å². The van der Waals surface area contributed by atoms with Gasteiger partial charge >= 0.3 is 0 Å². The fourth-order valence-electron chi connectivity index (χ4n) is 3.03. The van der Waals surface area contributed by atoms with E-state index in [2.05, 4.69) is 5.32 Å². The highest BCUT2D eigenvalue weighted by Crippen LogP contribution is 2.25. The van der Waals surface area contributed by atoms with Crippen molar-refractivity contribution in [2.75, 3.05) is 13.1 Å². The molecule has 0 radical (unpaired) electrons. The van der Waals surface area contributed by atoms with Crippen LogP contribution in [0.1, 0.15) is 35.0 Å². The Morgan fingerprint density at radius 3 is 2.88 bits per heavy atom. The molecular formula is C18H21FN2O3S2. The maximum atomic E-state index is 14.1. The first-order chi connectivity index (χ1) is 12.4. The van der Waals surface area contributed by atoms with Crippen LogP contribution in [0.4, 0.5) is 4.39 Å². The number of thiophene rings is 1. The number of benzene rings is 1. The molecule has 2 aromatic rings. The molecule has 1 atom stereocenters. The molecule has 0 saturated carbocycles. The molecule has 1 aromatic heterocycles. The number of rotatable bonds is 5. The first-order valence-corrected chi connectivity index (χ1v) is 10.8. The van der Waals surface area contributed by atoms with Gasteiger partial charge in [0.05, 0.1) is 17.0 Å². The zero-order valence-corrected chi connectivity index (χ0v) is 16.1. The number of nitrogens with one attached hydrogen (secondary N) is 1. The summed E-state index contributed by atoms with van der Waals surface area (Å²) in [6.07, 6.45) is 1.79. The Labute approximate surface area is 156 Å². The predicted molar refractivity (Wildman–Crippen MR) is 99.0 cm³/mol. The van der Waals surface area contributed by atoms with Crippen LogP contribution in [-0.2, 0) is 16.6 Å². The van der Waals surface area contributed by atoms with Crippen LogP contribution in [0.15, 0.2) is 40.6 Å². The van der Waals surface area contributed by atoms with Gasteiger partial charge in [0.15, 0.2) is 0 Å². The van der Waals surface area contributed by atoms with E-state index in [9.17, 15) is 17.6 Å². The van der Waals surface area contributed by atoms with E-state index in [0.717, 1.165) is 29.9 Å². The lowest BCUT2D eigenvalue weighted by atomic mass is 10.0. The van der Waals surface area contributed by atoms with Crippen molar-refractivity contribution in [1.29, 1.82) is 0 Å². The molecule has 1 aliphatic heterocycles. The molecule has 1 saturated heterocycles. The van der Waals surface area contributed by atoms with E-state index in [-0.39, 0.29) is 22.9 Å². The summed E-state index contributed by atoms with van der Waals surface area (Å²) >= 11 is 1.48. The topological polar surface area (TPSA) is 66.5 Å². The Hall–Kier alpha value is -1.77. The van der Waals surface area contributed by atoms with Crippen LogP contribution in [0.3, 0.4) is 0 Å². The fraction of sp³-hybridized carbons (Fsp3) is 0.389. The lowest BCUT2D eigenvalue weighted by Gasteiger charge is -2.30. The van der Waals surface area contributed by atoms with Crippen LogP contribution in [0.25, 0.3) is 0 Å². The van der Waals surface area contributed by atoms with Gasteiger partial charge in [0.25, 0.3) is 5.91 Å². The van der Waals surface area contributed by atoms with Crippen LogP contribution in [-0.4, -0.2) is 31.7 Å². The summed E-state index contributed by atoms with van der Waals surface area (Å²) in [5, 5.41) is 4.51. The minimum atomic E-state index is -3.74. The molecule has 2 heterocycles. The van der Waals surface area contributed by atoms with E-state index in [1.165, 1.54) is 21.7 Å². The van der Waals surface area contributed by atoms with Crippen molar-refractivity contribution in [2.45, 2.75) is 31.2 Å². The molecule has 3 rings (SSSR count). The van der Waals surface area contributed by atoms with Gasteiger partial charge in [-0.15, -0.1) is 11.3 Å². The fourth-order valence-corrected chi connectivity index (χ4v) is 5.30. The standard InChI is InChI=1S/C18H21FN2O3S2/c1-13-4-2-8-21(12-13)26(23,24)15-6-7-17(19)16(10-15)18(22)20-11-14-5-3-9-25-14/h3,5-7,9-10,13H,2,4,8,11-12H2,1H3,(H,20,22). The second-order valence-corrected chi connectivity index (χ2v) is 9.48. The summed E-state index contributed by atoms with van der Waals surface area (Å²) in [4.78, 5) is 13.2. The van der Waals surface area contributed by atoms with Crippen molar-refractivity contribution in [2.24, 2.45) is 5.92 Å². The summed E-state index contributed by atoms with van der Waals surface area (Å²) in [5.41, 5.74) is -0.257. The normalized spacial score (nSPS) is 18.6. The third kappa shape index (κ3) is 4.13. The monoisotopic (exact) mass is 396 g/mol. The maximum absolute atomic E-state index is 14.1. The lowest BCUT2D eigenvalue weighted by Crippen LogP contribution is -2.39. The number of sulfonamides is 1. The molecule has 0 spiro atoms. The average molecular weight is 397 g/mol. The van der Waals surface area contributed by atoms with Gasteiger partial charge in [-0.1, -0.05) is 13.0 Å². The van der Waals surface area contributed by atoms with E-state index in [1.807, 2.05) is 24.4 Å². The van der Waals surface area contributed by atoms with Crippen LogP contribution in [0, 0.1) is 11.7 Å². The number of amides is 1. The SMILES string of the molecule is CC1CCCN(S(=O)(=O)c2ccc(F)c(C(=O)NCc3cccs3)c2)C1. The predicted octanol–water partition coefficient (Wildman–Crippen LogP) is 3.24.